The zero-order valence-corrected chi connectivity index (χ0v) is 10.8. The van der Waals surface area contributed by atoms with Gasteiger partial charge in [-0.2, -0.15) is 0 Å². The highest BCUT2D eigenvalue weighted by atomic mass is 16.4. The lowest BCUT2D eigenvalue weighted by Gasteiger charge is -1.98. The van der Waals surface area contributed by atoms with Crippen molar-refractivity contribution in [1.82, 2.24) is 10.2 Å². The van der Waals surface area contributed by atoms with E-state index in [1.54, 1.807) is 0 Å². The van der Waals surface area contributed by atoms with Crippen molar-refractivity contribution in [3.05, 3.63) is 35.7 Å². The molecule has 0 aliphatic carbocycles. The molecule has 2 rings (SSSR count). The van der Waals surface area contributed by atoms with Crippen LogP contribution in [0.1, 0.15) is 37.0 Å². The van der Waals surface area contributed by atoms with Crippen molar-refractivity contribution in [1.29, 1.82) is 0 Å². The summed E-state index contributed by atoms with van der Waals surface area (Å²) in [6, 6.07) is 7.89. The fourth-order valence-electron chi connectivity index (χ4n) is 1.57. The van der Waals surface area contributed by atoms with Gasteiger partial charge in [0.25, 0.3) is 5.89 Å². The van der Waals surface area contributed by atoms with Crippen LogP contribution in [0.5, 0.6) is 0 Å². The zero-order valence-electron chi connectivity index (χ0n) is 10.8. The molecular weight excluding hydrogens is 228 g/mol. The van der Waals surface area contributed by atoms with Gasteiger partial charge in [-0.15, -0.1) is 10.2 Å². The molecular formula is C14H16N2O2. The molecule has 0 fully saturated rings. The average Bonchev–Trinajstić information content (AvgIpc) is 2.87. The number of hydrogen-bond acceptors (Lipinski definition) is 4. The maximum atomic E-state index is 11.7. The highest BCUT2D eigenvalue weighted by Crippen LogP contribution is 2.19. The van der Waals surface area contributed by atoms with E-state index in [1.165, 1.54) is 5.56 Å². The van der Waals surface area contributed by atoms with Gasteiger partial charge in [-0.25, -0.2) is 0 Å². The van der Waals surface area contributed by atoms with Gasteiger partial charge in [0.15, 0.2) is 0 Å². The minimum atomic E-state index is -0.138. The molecule has 0 N–H and O–H groups in total. The third-order valence-corrected chi connectivity index (χ3v) is 2.77. The number of aryl methyl sites for hydroxylation is 1. The SMILES string of the molecule is CCc1ccc(-c2nnc(C(=O)C(C)C)o2)cc1. The average molecular weight is 244 g/mol. The molecule has 0 aliphatic heterocycles. The summed E-state index contributed by atoms with van der Waals surface area (Å²) in [6.07, 6.45) is 0.987. The predicted molar refractivity (Wildman–Crippen MR) is 68.3 cm³/mol. The molecule has 0 bridgehead atoms. The lowest BCUT2D eigenvalue weighted by molar-refractivity contribution is 0.0905. The number of carbonyl (C=O) groups excluding carboxylic acids is 1. The third-order valence-electron chi connectivity index (χ3n) is 2.77. The molecule has 94 valence electrons. The first-order valence-electron chi connectivity index (χ1n) is 6.08. The second-order valence-corrected chi connectivity index (χ2v) is 4.48. The van der Waals surface area contributed by atoms with Gasteiger partial charge in [-0.05, 0) is 24.1 Å². The van der Waals surface area contributed by atoms with Crippen LogP contribution in [0.4, 0.5) is 0 Å². The second-order valence-electron chi connectivity index (χ2n) is 4.48. The monoisotopic (exact) mass is 244 g/mol. The molecule has 0 spiro atoms. The molecule has 0 unspecified atom stereocenters. The van der Waals surface area contributed by atoms with Gasteiger partial charge in [0.1, 0.15) is 0 Å². The first-order valence-corrected chi connectivity index (χ1v) is 6.08. The zero-order chi connectivity index (χ0) is 13.1. The number of hydrogen-bond donors (Lipinski definition) is 0. The maximum Gasteiger partial charge on any atom is 0.284 e. The van der Waals surface area contributed by atoms with Crippen LogP contribution in [-0.2, 0) is 6.42 Å². The number of benzene rings is 1. The van der Waals surface area contributed by atoms with Crippen LogP contribution in [0.25, 0.3) is 11.5 Å². The van der Waals surface area contributed by atoms with E-state index in [-0.39, 0.29) is 17.6 Å². The molecule has 2 aromatic rings. The molecule has 0 aliphatic rings. The summed E-state index contributed by atoms with van der Waals surface area (Å²) < 4.78 is 5.39. The molecule has 0 radical (unpaired) electrons. The van der Waals surface area contributed by atoms with E-state index < -0.39 is 0 Å². The summed E-state index contributed by atoms with van der Waals surface area (Å²) in [6.45, 7) is 5.71. The Kier molecular flexibility index (Phi) is 3.55. The van der Waals surface area contributed by atoms with E-state index in [9.17, 15) is 4.79 Å². The topological polar surface area (TPSA) is 56.0 Å². The van der Waals surface area contributed by atoms with E-state index in [4.69, 9.17) is 4.42 Å². The van der Waals surface area contributed by atoms with Crippen molar-refractivity contribution in [3.63, 3.8) is 0 Å². The lowest BCUT2D eigenvalue weighted by atomic mass is 10.1. The molecule has 0 saturated carbocycles. The van der Waals surface area contributed by atoms with Crippen molar-refractivity contribution >= 4 is 5.78 Å². The number of Topliss-reactive ketones (excluding diaryl/α,β-unsaturated/α-hetero) is 1. The summed E-state index contributed by atoms with van der Waals surface area (Å²) in [5.41, 5.74) is 2.08. The van der Waals surface area contributed by atoms with Gasteiger partial charge in [-0.3, -0.25) is 4.79 Å². The number of carbonyl (C=O) groups is 1. The molecule has 4 heteroatoms. The summed E-state index contributed by atoms with van der Waals surface area (Å²) in [7, 11) is 0. The van der Waals surface area contributed by atoms with Gasteiger partial charge in [-0.1, -0.05) is 32.9 Å². The van der Waals surface area contributed by atoms with E-state index in [1.807, 2.05) is 38.1 Å². The fraction of sp³-hybridized carbons (Fsp3) is 0.357. The second kappa shape index (κ2) is 5.12. The van der Waals surface area contributed by atoms with E-state index >= 15 is 0 Å². The van der Waals surface area contributed by atoms with Crippen LogP contribution >= 0.6 is 0 Å². The van der Waals surface area contributed by atoms with Crippen LogP contribution in [0.15, 0.2) is 28.7 Å². The largest absolute Gasteiger partial charge is 0.414 e. The smallest absolute Gasteiger partial charge is 0.284 e. The van der Waals surface area contributed by atoms with Gasteiger partial charge in [0, 0.05) is 11.5 Å². The standard InChI is InChI=1S/C14H16N2O2/c1-4-10-5-7-11(8-6-10)13-15-16-14(18-13)12(17)9(2)3/h5-9H,4H2,1-3H3. The summed E-state index contributed by atoms with van der Waals surface area (Å²) >= 11 is 0. The molecule has 0 atom stereocenters. The van der Waals surface area contributed by atoms with Crippen LogP contribution in [-0.4, -0.2) is 16.0 Å². The van der Waals surface area contributed by atoms with Crippen molar-refractivity contribution in [2.45, 2.75) is 27.2 Å². The number of nitrogens with zero attached hydrogens (tertiary/aromatic N) is 2. The van der Waals surface area contributed by atoms with Crippen molar-refractivity contribution in [3.8, 4) is 11.5 Å². The quantitative estimate of drug-likeness (QED) is 0.775. The van der Waals surface area contributed by atoms with Crippen LogP contribution in [0.3, 0.4) is 0 Å². The predicted octanol–water partition coefficient (Wildman–Crippen LogP) is 3.14. The number of ketones is 1. The normalized spacial score (nSPS) is 10.9. The Hall–Kier alpha value is -1.97. The van der Waals surface area contributed by atoms with Gasteiger partial charge >= 0.3 is 0 Å². The molecule has 1 heterocycles. The van der Waals surface area contributed by atoms with E-state index in [2.05, 4.69) is 17.1 Å². The molecule has 1 aromatic heterocycles. The first kappa shape index (κ1) is 12.5. The molecule has 0 amide bonds. The van der Waals surface area contributed by atoms with Gasteiger partial charge < -0.3 is 4.42 Å². The minimum Gasteiger partial charge on any atom is -0.414 e. The minimum absolute atomic E-state index is 0.0829. The third kappa shape index (κ3) is 2.47. The van der Waals surface area contributed by atoms with Gasteiger partial charge in [0.2, 0.25) is 11.7 Å². The van der Waals surface area contributed by atoms with E-state index in [0.29, 0.717) is 5.89 Å². The number of rotatable bonds is 4. The molecule has 0 saturated heterocycles. The Bertz CT molecular complexity index is 541. The molecule has 1 aromatic carbocycles. The van der Waals surface area contributed by atoms with Crippen LogP contribution < -0.4 is 0 Å². The van der Waals surface area contributed by atoms with Crippen molar-refractivity contribution in [2.75, 3.05) is 0 Å². The van der Waals surface area contributed by atoms with Crippen LogP contribution in [0, 0.1) is 5.92 Å². The van der Waals surface area contributed by atoms with Crippen molar-refractivity contribution in [2.24, 2.45) is 5.92 Å². The Morgan fingerprint density at radius 2 is 1.89 bits per heavy atom. The molecule has 18 heavy (non-hydrogen) atoms. The fourth-order valence-corrected chi connectivity index (χ4v) is 1.57. The summed E-state index contributed by atoms with van der Waals surface area (Å²) in [5, 5.41) is 7.70. The Balaban J connectivity index is 2.26. The van der Waals surface area contributed by atoms with E-state index in [0.717, 1.165) is 12.0 Å². The maximum absolute atomic E-state index is 11.7. The highest BCUT2D eigenvalue weighted by molar-refractivity contribution is 5.93. The summed E-state index contributed by atoms with van der Waals surface area (Å²) in [4.78, 5) is 11.7. The number of aromatic nitrogens is 2. The Labute approximate surface area is 106 Å². The Morgan fingerprint density at radius 1 is 1.22 bits per heavy atom. The molecule has 4 nitrogen and oxygen atoms in total. The highest BCUT2D eigenvalue weighted by Gasteiger charge is 2.18. The van der Waals surface area contributed by atoms with Crippen molar-refractivity contribution < 1.29 is 9.21 Å². The lowest BCUT2D eigenvalue weighted by Crippen LogP contribution is -2.07. The summed E-state index contributed by atoms with van der Waals surface area (Å²) in [5.74, 6) is 0.209. The van der Waals surface area contributed by atoms with Gasteiger partial charge in [0.05, 0.1) is 0 Å². The Morgan fingerprint density at radius 3 is 2.44 bits per heavy atom. The van der Waals surface area contributed by atoms with Crippen LogP contribution in [0.2, 0.25) is 0 Å². The first-order chi connectivity index (χ1) is 8.61.